The Morgan fingerprint density at radius 2 is 1.74 bits per heavy atom. The van der Waals surface area contributed by atoms with Gasteiger partial charge >= 0.3 is 0 Å². The molecule has 35 heavy (non-hydrogen) atoms. The highest BCUT2D eigenvalue weighted by atomic mass is 32.2. The number of hydrogen-bond acceptors (Lipinski definition) is 4. The van der Waals surface area contributed by atoms with Gasteiger partial charge in [0, 0.05) is 42.3 Å². The van der Waals surface area contributed by atoms with Crippen molar-refractivity contribution in [2.75, 3.05) is 33.7 Å². The molecule has 8 heteroatoms. The van der Waals surface area contributed by atoms with Gasteiger partial charge in [0.15, 0.2) is 0 Å². The lowest BCUT2D eigenvalue weighted by atomic mass is 9.99. The second-order valence-electron chi connectivity index (χ2n) is 9.65. The summed E-state index contributed by atoms with van der Waals surface area (Å²) in [6.07, 6.45) is 4.94. The van der Waals surface area contributed by atoms with Crippen molar-refractivity contribution in [1.82, 2.24) is 14.2 Å². The molecule has 0 bridgehead atoms. The number of amides is 1. The van der Waals surface area contributed by atoms with Crippen molar-refractivity contribution in [2.24, 2.45) is 5.73 Å². The fourth-order valence-electron chi connectivity index (χ4n) is 4.36. The fraction of sp³-hybridized carbons (Fsp3) is 0.444. The van der Waals surface area contributed by atoms with Crippen molar-refractivity contribution < 1.29 is 13.2 Å². The Morgan fingerprint density at radius 1 is 1.06 bits per heavy atom. The Kier molecular flexibility index (Phi) is 8.74. The Bertz CT molecular complexity index is 1290. The van der Waals surface area contributed by atoms with Gasteiger partial charge in [0.1, 0.15) is 0 Å². The Labute approximate surface area is 209 Å². The largest absolute Gasteiger partial charge is 0.366 e. The molecule has 0 atom stereocenters. The minimum atomic E-state index is -3.19. The van der Waals surface area contributed by atoms with Crippen molar-refractivity contribution in [3.63, 3.8) is 0 Å². The number of aromatic amines is 1. The van der Waals surface area contributed by atoms with E-state index in [1.165, 1.54) is 11.1 Å². The molecule has 0 radical (unpaired) electrons. The normalized spacial score (nSPS) is 14.3. The molecule has 2 aromatic carbocycles. The van der Waals surface area contributed by atoms with Gasteiger partial charge in [0.25, 0.3) is 0 Å². The maximum Gasteiger partial charge on any atom is 0.248 e. The molecule has 1 aliphatic heterocycles. The third-order valence-corrected chi connectivity index (χ3v) is 8.64. The first-order valence-corrected chi connectivity index (χ1v) is 13.7. The second kappa shape index (κ2) is 11.4. The molecule has 1 aromatic heterocycles. The lowest BCUT2D eigenvalue weighted by Gasteiger charge is -2.15. The third-order valence-electron chi connectivity index (χ3n) is 6.79. The lowest BCUT2D eigenvalue weighted by Crippen LogP contribution is -2.29. The number of H-pyrrole nitrogens is 1. The summed E-state index contributed by atoms with van der Waals surface area (Å²) in [6.45, 7) is 8.25. The van der Waals surface area contributed by atoms with E-state index in [2.05, 4.69) is 24.0 Å². The highest BCUT2D eigenvalue weighted by Gasteiger charge is 2.25. The van der Waals surface area contributed by atoms with Crippen LogP contribution in [0.25, 0.3) is 10.9 Å². The van der Waals surface area contributed by atoms with E-state index in [0.29, 0.717) is 18.7 Å². The van der Waals surface area contributed by atoms with Crippen LogP contribution in [0.5, 0.6) is 0 Å². The smallest absolute Gasteiger partial charge is 0.248 e. The van der Waals surface area contributed by atoms with Crippen LogP contribution >= 0.6 is 0 Å². The molecule has 0 spiro atoms. The first kappa shape index (κ1) is 26.9. The van der Waals surface area contributed by atoms with Crippen LogP contribution < -0.4 is 5.73 Å². The monoisotopic (exact) mass is 498 g/mol. The van der Waals surface area contributed by atoms with E-state index in [4.69, 9.17) is 5.73 Å². The zero-order valence-corrected chi connectivity index (χ0v) is 22.3. The number of primary amides is 1. The molecular weight excluding hydrogens is 460 g/mol. The summed E-state index contributed by atoms with van der Waals surface area (Å²) < 4.78 is 26.6. The van der Waals surface area contributed by atoms with Crippen molar-refractivity contribution in [2.45, 2.75) is 45.8 Å². The number of nitrogens with one attached hydrogen (secondary N) is 1. The molecule has 3 N–H and O–H groups in total. The van der Waals surface area contributed by atoms with Crippen molar-refractivity contribution >= 4 is 26.8 Å². The number of fused-ring (bicyclic) bond motifs is 1. The number of carbonyl (C=O) groups is 1. The summed E-state index contributed by atoms with van der Waals surface area (Å²) in [6, 6.07) is 9.64. The van der Waals surface area contributed by atoms with Gasteiger partial charge in [-0.15, -0.1) is 0 Å². The number of aromatic nitrogens is 1. The van der Waals surface area contributed by atoms with E-state index in [-0.39, 0.29) is 11.7 Å². The second-order valence-corrected chi connectivity index (χ2v) is 11.6. The summed E-state index contributed by atoms with van der Waals surface area (Å²) in [4.78, 5) is 16.3. The zero-order valence-electron chi connectivity index (χ0n) is 21.5. The molecule has 3 aromatic rings. The molecule has 1 amide bonds. The number of likely N-dealkylation sites (N-methyl/N-ethyl adjacent to an activating group) is 1. The number of sulfonamides is 1. The minimum Gasteiger partial charge on any atom is -0.366 e. The summed E-state index contributed by atoms with van der Waals surface area (Å²) >= 11 is 0. The molecule has 1 saturated heterocycles. The van der Waals surface area contributed by atoms with E-state index >= 15 is 0 Å². The van der Waals surface area contributed by atoms with Crippen LogP contribution in [0.4, 0.5) is 0 Å². The van der Waals surface area contributed by atoms with Gasteiger partial charge in [-0.3, -0.25) is 4.79 Å². The van der Waals surface area contributed by atoms with Crippen molar-refractivity contribution in [1.29, 1.82) is 0 Å². The standard InChI is InChI=1S/C17H25N3O2S.C10H13NO/c1-19(2)10-7-15-12-18-17-6-5-14(11-16(15)17)13-23(21,22)20-8-3-4-9-20;1-6-4-5-9(10(11)12)8(3)7(6)2/h5-6,11-12,18H,3-4,7-10,13H2,1-2H3;4-5H,1-3H3,(H2,11,12). The number of nitrogens with two attached hydrogens (primary N) is 1. The van der Waals surface area contributed by atoms with Crippen LogP contribution in [0.15, 0.2) is 36.5 Å². The Hall–Kier alpha value is -2.68. The molecule has 4 rings (SSSR count). The Morgan fingerprint density at radius 3 is 2.37 bits per heavy atom. The molecule has 1 aliphatic rings. The van der Waals surface area contributed by atoms with E-state index in [0.717, 1.165) is 53.4 Å². The number of nitrogens with zero attached hydrogens (tertiary/aromatic N) is 2. The molecule has 1 fully saturated rings. The average molecular weight is 499 g/mol. The highest BCUT2D eigenvalue weighted by Crippen LogP contribution is 2.23. The van der Waals surface area contributed by atoms with Gasteiger partial charge in [-0.25, -0.2) is 12.7 Å². The van der Waals surface area contributed by atoms with E-state index in [1.807, 2.05) is 51.2 Å². The Balaban J connectivity index is 0.000000241. The molecule has 2 heterocycles. The van der Waals surface area contributed by atoms with Gasteiger partial charge in [-0.2, -0.15) is 0 Å². The van der Waals surface area contributed by atoms with Crippen molar-refractivity contribution in [3.8, 4) is 0 Å². The predicted octanol–water partition coefficient (Wildman–Crippen LogP) is 3.91. The summed E-state index contributed by atoms with van der Waals surface area (Å²) in [7, 11) is 0.928. The molecule has 0 aliphatic carbocycles. The summed E-state index contributed by atoms with van der Waals surface area (Å²) in [5.41, 5.74) is 12.3. The maximum atomic E-state index is 12.5. The third kappa shape index (κ3) is 6.72. The van der Waals surface area contributed by atoms with Crippen LogP contribution in [0.1, 0.15) is 51.0 Å². The number of hydrogen-bond donors (Lipinski definition) is 2. The van der Waals surface area contributed by atoms with E-state index in [1.54, 1.807) is 10.4 Å². The van der Waals surface area contributed by atoms with Crippen molar-refractivity contribution in [3.05, 3.63) is 69.9 Å². The minimum absolute atomic E-state index is 0.0985. The van der Waals surface area contributed by atoms with Crippen LogP contribution in [0, 0.1) is 20.8 Å². The SMILES string of the molecule is CN(C)CCc1c[nH]c2ccc(CS(=O)(=O)N3CCCC3)cc12.Cc1ccc(C(N)=O)c(C)c1C. The van der Waals surface area contributed by atoms with Gasteiger partial charge in [0.05, 0.1) is 5.75 Å². The van der Waals surface area contributed by atoms with Gasteiger partial charge in [-0.05, 0) is 100 Å². The fourth-order valence-corrected chi connectivity index (χ4v) is 5.96. The zero-order chi connectivity index (χ0) is 25.8. The first-order valence-electron chi connectivity index (χ1n) is 12.1. The maximum absolute atomic E-state index is 12.5. The van der Waals surface area contributed by atoms with E-state index in [9.17, 15) is 13.2 Å². The molecule has 0 unspecified atom stereocenters. The van der Waals surface area contributed by atoms with Crippen LogP contribution in [-0.4, -0.2) is 62.2 Å². The van der Waals surface area contributed by atoms with E-state index < -0.39 is 10.0 Å². The number of aryl methyl sites for hydroxylation is 1. The average Bonchev–Trinajstić information content (AvgIpc) is 3.47. The summed E-state index contributed by atoms with van der Waals surface area (Å²) in [5.74, 6) is -0.253. The van der Waals surface area contributed by atoms with Crippen LogP contribution in [-0.2, 0) is 22.2 Å². The number of benzene rings is 2. The van der Waals surface area contributed by atoms with Crippen LogP contribution in [0.2, 0.25) is 0 Å². The first-order chi connectivity index (χ1) is 16.5. The van der Waals surface area contributed by atoms with Gasteiger partial charge in [0.2, 0.25) is 15.9 Å². The molecular formula is C27H38N4O3S. The molecule has 190 valence electrons. The van der Waals surface area contributed by atoms with Gasteiger partial charge in [-0.1, -0.05) is 12.1 Å². The molecule has 7 nitrogen and oxygen atoms in total. The topological polar surface area (TPSA) is 99.5 Å². The number of rotatable bonds is 7. The molecule has 0 saturated carbocycles. The predicted molar refractivity (Wildman–Crippen MR) is 143 cm³/mol. The lowest BCUT2D eigenvalue weighted by molar-refractivity contribution is 0.0999. The quantitative estimate of drug-likeness (QED) is 0.516. The highest BCUT2D eigenvalue weighted by molar-refractivity contribution is 7.88. The summed E-state index contributed by atoms with van der Waals surface area (Å²) in [5, 5.41) is 1.14. The van der Waals surface area contributed by atoms with Gasteiger partial charge < -0.3 is 15.6 Å². The number of carbonyl (C=O) groups excluding carboxylic acids is 1. The van der Waals surface area contributed by atoms with Crippen LogP contribution in [0.3, 0.4) is 0 Å².